The first kappa shape index (κ1) is 16.8. The lowest BCUT2D eigenvalue weighted by Crippen LogP contribution is -2.15. The molecule has 0 fully saturated rings. The van der Waals surface area contributed by atoms with Crippen LogP contribution in [0.15, 0.2) is 36.4 Å². The highest BCUT2D eigenvalue weighted by Crippen LogP contribution is 2.33. The zero-order valence-electron chi connectivity index (χ0n) is 13.1. The van der Waals surface area contributed by atoms with Gasteiger partial charge in [0.15, 0.2) is 6.79 Å². The molecule has 25 heavy (non-hydrogen) atoms. The van der Waals surface area contributed by atoms with Crippen LogP contribution in [0.3, 0.4) is 0 Å². The van der Waals surface area contributed by atoms with Gasteiger partial charge in [0.05, 0.1) is 18.0 Å². The molecular formula is C17H14FNO6. The molecule has 0 aromatic heterocycles. The van der Waals surface area contributed by atoms with Crippen LogP contribution in [0.1, 0.15) is 16.7 Å². The van der Waals surface area contributed by atoms with Gasteiger partial charge in [-0.05, 0) is 11.6 Å². The Hall–Kier alpha value is -3.00. The Labute approximate surface area is 142 Å². The summed E-state index contributed by atoms with van der Waals surface area (Å²) in [4.78, 5) is 22.4. The molecule has 1 heterocycles. The molecule has 0 bridgehead atoms. The number of hydrogen-bond acceptors (Lipinski definition) is 6. The van der Waals surface area contributed by atoms with E-state index in [-0.39, 0.29) is 37.7 Å². The number of rotatable bonds is 5. The topological polar surface area (TPSA) is 87.9 Å². The molecule has 0 aliphatic carbocycles. The van der Waals surface area contributed by atoms with Crippen LogP contribution in [-0.2, 0) is 33.9 Å². The first-order chi connectivity index (χ1) is 12.0. The van der Waals surface area contributed by atoms with E-state index < -0.39 is 16.7 Å². The summed E-state index contributed by atoms with van der Waals surface area (Å²) in [5, 5.41) is 11.0. The zero-order chi connectivity index (χ0) is 17.8. The van der Waals surface area contributed by atoms with E-state index in [1.54, 1.807) is 6.07 Å². The van der Waals surface area contributed by atoms with Crippen LogP contribution in [0.4, 0.5) is 10.1 Å². The summed E-state index contributed by atoms with van der Waals surface area (Å²) in [6.45, 7) is -0.0224. The molecule has 0 unspecified atom stereocenters. The molecule has 0 saturated carbocycles. The number of nitro benzene ring substituents is 1. The average molecular weight is 347 g/mol. The van der Waals surface area contributed by atoms with Crippen molar-refractivity contribution >= 4 is 11.7 Å². The van der Waals surface area contributed by atoms with Crippen LogP contribution >= 0.6 is 0 Å². The minimum atomic E-state index is -0.641. The molecule has 1 aliphatic rings. The lowest BCUT2D eigenvalue weighted by molar-refractivity contribution is -0.385. The van der Waals surface area contributed by atoms with E-state index in [2.05, 4.69) is 0 Å². The minimum absolute atomic E-state index is 0.0149. The second kappa shape index (κ2) is 7.27. The summed E-state index contributed by atoms with van der Waals surface area (Å²) in [5.41, 5.74) is 0.959. The second-order valence-electron chi connectivity index (χ2n) is 5.39. The van der Waals surface area contributed by atoms with Crippen molar-refractivity contribution in [1.82, 2.24) is 0 Å². The fraction of sp³-hybridized carbons (Fsp3) is 0.235. The molecule has 7 nitrogen and oxygen atoms in total. The number of nitrogens with zero attached hydrogens (tertiary/aromatic N) is 1. The minimum Gasteiger partial charge on any atom is -0.467 e. The third-order valence-corrected chi connectivity index (χ3v) is 3.66. The second-order valence-corrected chi connectivity index (χ2v) is 5.39. The Morgan fingerprint density at radius 3 is 2.84 bits per heavy atom. The van der Waals surface area contributed by atoms with Crippen molar-refractivity contribution in [3.05, 3.63) is 69.0 Å². The zero-order valence-corrected chi connectivity index (χ0v) is 13.1. The highest BCUT2D eigenvalue weighted by Gasteiger charge is 2.22. The normalized spacial score (nSPS) is 12.8. The van der Waals surface area contributed by atoms with Crippen molar-refractivity contribution in [2.75, 3.05) is 6.79 Å². The van der Waals surface area contributed by atoms with Crippen molar-refractivity contribution in [3.8, 4) is 5.75 Å². The SMILES string of the molecule is O=C(Cc1ccccc1F)OCc1cc([N+](=O)[O-])cc2c1OCOC2. The Morgan fingerprint density at radius 1 is 1.28 bits per heavy atom. The average Bonchev–Trinajstić information content (AvgIpc) is 2.61. The van der Waals surface area contributed by atoms with Gasteiger partial charge in [-0.2, -0.15) is 0 Å². The standard InChI is InChI=1S/C17H14FNO6/c18-15-4-2-1-3-11(15)7-16(20)24-9-13-6-14(19(21)22)5-12-8-23-10-25-17(12)13/h1-6H,7-10H2. The van der Waals surface area contributed by atoms with Gasteiger partial charge >= 0.3 is 5.97 Å². The fourth-order valence-corrected chi connectivity index (χ4v) is 2.50. The Balaban J connectivity index is 1.74. The molecule has 0 saturated heterocycles. The highest BCUT2D eigenvalue weighted by molar-refractivity contribution is 5.72. The van der Waals surface area contributed by atoms with Crippen LogP contribution in [0.2, 0.25) is 0 Å². The van der Waals surface area contributed by atoms with Gasteiger partial charge in [-0.25, -0.2) is 4.39 Å². The maximum Gasteiger partial charge on any atom is 0.310 e. The fourth-order valence-electron chi connectivity index (χ4n) is 2.50. The van der Waals surface area contributed by atoms with Gasteiger partial charge in [-0.3, -0.25) is 14.9 Å². The number of fused-ring (bicyclic) bond motifs is 1. The molecule has 0 atom stereocenters. The molecule has 130 valence electrons. The lowest BCUT2D eigenvalue weighted by Gasteiger charge is -2.20. The molecule has 0 radical (unpaired) electrons. The number of nitro groups is 1. The third kappa shape index (κ3) is 3.92. The smallest absolute Gasteiger partial charge is 0.310 e. The molecule has 1 aliphatic heterocycles. The van der Waals surface area contributed by atoms with E-state index in [0.717, 1.165) is 0 Å². The van der Waals surface area contributed by atoms with Crippen LogP contribution in [-0.4, -0.2) is 17.7 Å². The monoisotopic (exact) mass is 347 g/mol. The van der Waals surface area contributed by atoms with Crippen molar-refractivity contribution in [1.29, 1.82) is 0 Å². The van der Waals surface area contributed by atoms with E-state index in [0.29, 0.717) is 16.9 Å². The molecule has 2 aromatic carbocycles. The summed E-state index contributed by atoms with van der Waals surface area (Å²) >= 11 is 0. The van der Waals surface area contributed by atoms with E-state index in [4.69, 9.17) is 14.2 Å². The lowest BCUT2D eigenvalue weighted by atomic mass is 10.1. The Kier molecular flexibility index (Phi) is 4.90. The van der Waals surface area contributed by atoms with Gasteiger partial charge < -0.3 is 14.2 Å². The van der Waals surface area contributed by atoms with Crippen LogP contribution in [0, 0.1) is 15.9 Å². The summed E-state index contributed by atoms with van der Waals surface area (Å²) < 4.78 is 29.2. The van der Waals surface area contributed by atoms with E-state index in [1.165, 1.54) is 30.3 Å². The van der Waals surface area contributed by atoms with Gasteiger partial charge in [0, 0.05) is 23.3 Å². The van der Waals surface area contributed by atoms with E-state index >= 15 is 0 Å². The maximum atomic E-state index is 13.6. The summed E-state index contributed by atoms with van der Waals surface area (Å²) in [6, 6.07) is 8.55. The summed E-state index contributed by atoms with van der Waals surface area (Å²) in [6.07, 6.45) is -0.228. The van der Waals surface area contributed by atoms with Crippen molar-refractivity contribution in [3.63, 3.8) is 0 Å². The van der Waals surface area contributed by atoms with E-state index in [9.17, 15) is 19.3 Å². The van der Waals surface area contributed by atoms with Crippen LogP contribution < -0.4 is 4.74 Å². The number of ether oxygens (including phenoxy) is 3. The van der Waals surface area contributed by atoms with E-state index in [1.807, 2.05) is 0 Å². The van der Waals surface area contributed by atoms with Crippen molar-refractivity contribution in [2.45, 2.75) is 19.6 Å². The molecule has 3 rings (SSSR count). The number of hydrogen-bond donors (Lipinski definition) is 0. The molecule has 2 aromatic rings. The van der Waals surface area contributed by atoms with Crippen molar-refractivity contribution in [2.24, 2.45) is 0 Å². The predicted molar refractivity (Wildman–Crippen MR) is 83.3 cm³/mol. The largest absolute Gasteiger partial charge is 0.467 e. The van der Waals surface area contributed by atoms with Gasteiger partial charge in [0.1, 0.15) is 18.2 Å². The van der Waals surface area contributed by atoms with Gasteiger partial charge in [-0.15, -0.1) is 0 Å². The van der Waals surface area contributed by atoms with Gasteiger partial charge in [0.2, 0.25) is 0 Å². The quantitative estimate of drug-likeness (QED) is 0.469. The number of carbonyl (C=O) groups excluding carboxylic acids is 1. The van der Waals surface area contributed by atoms with Gasteiger partial charge in [0.25, 0.3) is 5.69 Å². The van der Waals surface area contributed by atoms with Crippen molar-refractivity contribution < 1.29 is 28.3 Å². The Morgan fingerprint density at radius 2 is 2.08 bits per heavy atom. The molecule has 0 spiro atoms. The number of non-ortho nitro benzene ring substituents is 1. The number of halogens is 1. The highest BCUT2D eigenvalue weighted by atomic mass is 19.1. The predicted octanol–water partition coefficient (Wildman–Crippen LogP) is 2.89. The third-order valence-electron chi connectivity index (χ3n) is 3.66. The number of carbonyl (C=O) groups is 1. The first-order valence-corrected chi connectivity index (χ1v) is 7.44. The van der Waals surface area contributed by atoms with Gasteiger partial charge in [-0.1, -0.05) is 18.2 Å². The molecule has 0 amide bonds. The number of esters is 1. The van der Waals surface area contributed by atoms with Crippen LogP contribution in [0.5, 0.6) is 5.75 Å². The molecule has 0 N–H and O–H groups in total. The summed E-state index contributed by atoms with van der Waals surface area (Å²) in [7, 11) is 0. The molecular weight excluding hydrogens is 333 g/mol. The maximum absolute atomic E-state index is 13.6. The summed E-state index contributed by atoms with van der Waals surface area (Å²) in [5.74, 6) is -0.722. The molecule has 8 heteroatoms. The Bertz CT molecular complexity index is 823. The first-order valence-electron chi connectivity index (χ1n) is 7.44. The number of benzene rings is 2. The van der Waals surface area contributed by atoms with Crippen LogP contribution in [0.25, 0.3) is 0 Å².